The Morgan fingerprint density at radius 1 is 0.880 bits per heavy atom. The van der Waals surface area contributed by atoms with Crippen molar-refractivity contribution in [1.29, 1.82) is 0 Å². The fourth-order valence-corrected chi connectivity index (χ4v) is 3.17. The Morgan fingerprint density at radius 2 is 1.48 bits per heavy atom. The minimum atomic E-state index is -4.30. The Labute approximate surface area is 146 Å². The first kappa shape index (κ1) is 19.5. The van der Waals surface area contributed by atoms with Gasteiger partial charge in [-0.3, -0.25) is 0 Å². The van der Waals surface area contributed by atoms with Gasteiger partial charge in [-0.2, -0.15) is 13.2 Å². The largest absolute Gasteiger partial charge is 0.389 e. The molecule has 0 fully saturated rings. The number of hydrogen-bond acceptors (Lipinski definition) is 0. The average Bonchev–Trinajstić information content (AvgIpc) is 2.53. The molecule has 0 N–H and O–H groups in total. The maximum absolute atomic E-state index is 14.3. The van der Waals surface area contributed by atoms with Gasteiger partial charge in [0.1, 0.15) is 5.82 Å². The smallest absolute Gasteiger partial charge is 0.207 e. The lowest BCUT2D eigenvalue weighted by atomic mass is 9.92. The van der Waals surface area contributed by atoms with Gasteiger partial charge in [-0.1, -0.05) is 63.6 Å². The quantitative estimate of drug-likeness (QED) is 0.474. The summed E-state index contributed by atoms with van der Waals surface area (Å²) in [6, 6.07) is 12.4. The van der Waals surface area contributed by atoms with Crippen LogP contribution in [0.5, 0.6) is 0 Å². The van der Waals surface area contributed by atoms with Crippen molar-refractivity contribution in [3.63, 3.8) is 0 Å². The number of benzene rings is 2. The van der Waals surface area contributed by atoms with Crippen LogP contribution >= 0.6 is 0 Å². The van der Waals surface area contributed by atoms with Gasteiger partial charge in [-0.25, -0.2) is 4.39 Å². The van der Waals surface area contributed by atoms with Crippen molar-refractivity contribution in [2.45, 2.75) is 58.0 Å². The zero-order valence-electron chi connectivity index (χ0n) is 14.8. The molecule has 0 aliphatic heterocycles. The maximum Gasteiger partial charge on any atom is 0.389 e. The SMILES string of the molecule is CCCC(C)c1ccc(-c2ccc(C(C)CC(F)(F)F)c(F)c2)cc1. The van der Waals surface area contributed by atoms with Crippen molar-refractivity contribution in [2.24, 2.45) is 0 Å². The van der Waals surface area contributed by atoms with Crippen LogP contribution in [0.3, 0.4) is 0 Å². The van der Waals surface area contributed by atoms with Crippen molar-refractivity contribution in [2.75, 3.05) is 0 Å². The van der Waals surface area contributed by atoms with E-state index < -0.39 is 24.3 Å². The molecule has 2 aromatic carbocycles. The summed E-state index contributed by atoms with van der Waals surface area (Å²) < 4.78 is 51.8. The van der Waals surface area contributed by atoms with Crippen molar-refractivity contribution in [3.05, 3.63) is 59.4 Å². The first-order valence-electron chi connectivity index (χ1n) is 8.67. The fourth-order valence-electron chi connectivity index (χ4n) is 3.17. The summed E-state index contributed by atoms with van der Waals surface area (Å²) >= 11 is 0. The van der Waals surface area contributed by atoms with E-state index in [0.29, 0.717) is 11.5 Å². The molecular formula is C21H24F4. The molecule has 0 aliphatic rings. The second kappa shape index (κ2) is 8.03. The van der Waals surface area contributed by atoms with Crippen LogP contribution in [-0.2, 0) is 0 Å². The van der Waals surface area contributed by atoms with E-state index in [1.807, 2.05) is 24.3 Å². The Bertz CT molecular complexity index is 686. The highest BCUT2D eigenvalue weighted by molar-refractivity contribution is 5.64. The van der Waals surface area contributed by atoms with Gasteiger partial charge in [0.25, 0.3) is 0 Å². The third-order valence-electron chi connectivity index (χ3n) is 4.60. The summed E-state index contributed by atoms with van der Waals surface area (Å²) in [5.74, 6) is -1.01. The minimum absolute atomic E-state index is 0.106. The van der Waals surface area contributed by atoms with Crippen LogP contribution in [0, 0.1) is 5.82 Å². The number of alkyl halides is 3. The van der Waals surface area contributed by atoms with Gasteiger partial charge in [0.05, 0.1) is 6.42 Å². The van der Waals surface area contributed by atoms with Crippen LogP contribution in [0.4, 0.5) is 17.6 Å². The lowest BCUT2D eigenvalue weighted by Gasteiger charge is -2.16. The Hall–Kier alpha value is -1.84. The predicted octanol–water partition coefficient (Wildman–Crippen LogP) is 7.45. The van der Waals surface area contributed by atoms with E-state index in [1.54, 1.807) is 6.07 Å². The molecule has 0 saturated carbocycles. The van der Waals surface area contributed by atoms with E-state index in [9.17, 15) is 17.6 Å². The molecule has 2 atom stereocenters. The second-order valence-electron chi connectivity index (χ2n) is 6.77. The van der Waals surface area contributed by atoms with Crippen molar-refractivity contribution >= 4 is 0 Å². The topological polar surface area (TPSA) is 0 Å². The molecule has 25 heavy (non-hydrogen) atoms. The van der Waals surface area contributed by atoms with Gasteiger partial charge in [-0.05, 0) is 46.6 Å². The highest BCUT2D eigenvalue weighted by atomic mass is 19.4. The Kier molecular flexibility index (Phi) is 6.26. The summed E-state index contributed by atoms with van der Waals surface area (Å²) in [5.41, 5.74) is 2.88. The first-order chi connectivity index (χ1) is 11.7. The number of hydrogen-bond donors (Lipinski definition) is 0. The van der Waals surface area contributed by atoms with Gasteiger partial charge < -0.3 is 0 Å². The third kappa shape index (κ3) is 5.32. The van der Waals surface area contributed by atoms with E-state index in [4.69, 9.17) is 0 Å². The summed E-state index contributed by atoms with van der Waals surface area (Å²) in [6.45, 7) is 5.72. The molecule has 0 spiro atoms. The number of halogens is 4. The van der Waals surface area contributed by atoms with Crippen LogP contribution in [0.2, 0.25) is 0 Å². The van der Waals surface area contributed by atoms with Gasteiger partial charge in [0.2, 0.25) is 0 Å². The summed E-state index contributed by atoms with van der Waals surface area (Å²) in [7, 11) is 0. The van der Waals surface area contributed by atoms with Gasteiger partial charge >= 0.3 is 6.18 Å². The molecule has 0 saturated heterocycles. The zero-order valence-corrected chi connectivity index (χ0v) is 14.8. The Morgan fingerprint density at radius 3 is 2.00 bits per heavy atom. The fraction of sp³-hybridized carbons (Fsp3) is 0.429. The molecule has 0 aliphatic carbocycles. The molecule has 0 heterocycles. The minimum Gasteiger partial charge on any atom is -0.207 e. The molecule has 0 nitrogen and oxygen atoms in total. The van der Waals surface area contributed by atoms with Crippen LogP contribution in [0.25, 0.3) is 11.1 Å². The van der Waals surface area contributed by atoms with Crippen molar-refractivity contribution < 1.29 is 17.6 Å². The monoisotopic (exact) mass is 352 g/mol. The highest BCUT2D eigenvalue weighted by Gasteiger charge is 2.31. The van der Waals surface area contributed by atoms with E-state index in [1.165, 1.54) is 24.6 Å². The first-order valence-corrected chi connectivity index (χ1v) is 8.67. The molecule has 4 heteroatoms. The molecule has 2 unspecified atom stereocenters. The zero-order chi connectivity index (χ0) is 18.6. The van der Waals surface area contributed by atoms with Gasteiger partial charge in [-0.15, -0.1) is 0 Å². The molecule has 2 rings (SSSR count). The van der Waals surface area contributed by atoms with E-state index in [0.717, 1.165) is 18.4 Å². The van der Waals surface area contributed by atoms with E-state index in [2.05, 4.69) is 13.8 Å². The molecule has 0 aromatic heterocycles. The van der Waals surface area contributed by atoms with Crippen LogP contribution < -0.4 is 0 Å². The van der Waals surface area contributed by atoms with Crippen molar-refractivity contribution in [1.82, 2.24) is 0 Å². The standard InChI is InChI=1S/C21H24F4/c1-4-5-14(2)16-6-8-17(9-7-16)18-10-11-19(20(22)12-18)15(3)13-21(23,24)25/h6-12,14-15H,4-5,13H2,1-3H3. The van der Waals surface area contributed by atoms with Gasteiger partial charge in [0.15, 0.2) is 0 Å². The number of rotatable bonds is 6. The third-order valence-corrected chi connectivity index (χ3v) is 4.60. The predicted molar refractivity (Wildman–Crippen MR) is 94.2 cm³/mol. The average molecular weight is 352 g/mol. The van der Waals surface area contributed by atoms with Crippen LogP contribution in [-0.4, -0.2) is 6.18 Å². The lowest BCUT2D eigenvalue weighted by Crippen LogP contribution is -2.12. The molecular weight excluding hydrogens is 328 g/mol. The molecule has 2 aromatic rings. The second-order valence-corrected chi connectivity index (χ2v) is 6.77. The molecule has 136 valence electrons. The normalized spacial score (nSPS) is 14.4. The Balaban J connectivity index is 2.20. The van der Waals surface area contributed by atoms with Gasteiger partial charge in [0, 0.05) is 0 Å². The van der Waals surface area contributed by atoms with Crippen LogP contribution in [0.15, 0.2) is 42.5 Å². The maximum atomic E-state index is 14.3. The van der Waals surface area contributed by atoms with E-state index in [-0.39, 0.29) is 5.56 Å². The van der Waals surface area contributed by atoms with Crippen molar-refractivity contribution in [3.8, 4) is 11.1 Å². The molecule has 0 amide bonds. The molecule has 0 radical (unpaired) electrons. The summed E-state index contributed by atoms with van der Waals surface area (Å²) in [4.78, 5) is 0. The summed E-state index contributed by atoms with van der Waals surface area (Å²) in [5, 5.41) is 0. The summed E-state index contributed by atoms with van der Waals surface area (Å²) in [6.07, 6.45) is -3.09. The molecule has 0 bridgehead atoms. The highest BCUT2D eigenvalue weighted by Crippen LogP contribution is 2.33. The van der Waals surface area contributed by atoms with E-state index >= 15 is 0 Å². The lowest BCUT2D eigenvalue weighted by molar-refractivity contribution is -0.138. The van der Waals surface area contributed by atoms with Crippen LogP contribution in [0.1, 0.15) is 63.0 Å².